The number of hydrogen-bond donors (Lipinski definition) is 0. The van der Waals surface area contributed by atoms with Crippen LogP contribution >= 0.6 is 11.3 Å². The first-order valence-electron chi connectivity index (χ1n) is 3.56. The van der Waals surface area contributed by atoms with Gasteiger partial charge in [0.15, 0.2) is 0 Å². The molecule has 1 nitrogen and oxygen atoms in total. The van der Waals surface area contributed by atoms with Gasteiger partial charge in [0.05, 0.1) is 0 Å². The van der Waals surface area contributed by atoms with Gasteiger partial charge >= 0.3 is 0 Å². The van der Waals surface area contributed by atoms with Gasteiger partial charge in [-0.25, -0.2) is 0 Å². The Hall–Kier alpha value is -0.890. The number of carbonyl (C=O) groups is 1. The van der Waals surface area contributed by atoms with Crippen molar-refractivity contribution in [3.05, 3.63) is 28.0 Å². The molecular weight excluding hydrogens is 156 g/mol. The highest BCUT2D eigenvalue weighted by molar-refractivity contribution is 7.11. The fraction of sp³-hybridized carbons (Fsp3) is 0.222. The zero-order chi connectivity index (χ0) is 8.10. The summed E-state index contributed by atoms with van der Waals surface area (Å²) in [7, 11) is 0. The molecule has 0 atom stereocenters. The van der Waals surface area contributed by atoms with Crippen molar-refractivity contribution in [3.8, 4) is 0 Å². The van der Waals surface area contributed by atoms with Crippen molar-refractivity contribution in [2.24, 2.45) is 0 Å². The van der Waals surface area contributed by atoms with E-state index in [2.05, 4.69) is 13.0 Å². The van der Waals surface area contributed by atoms with E-state index in [9.17, 15) is 4.79 Å². The van der Waals surface area contributed by atoms with Crippen molar-refractivity contribution in [2.45, 2.75) is 13.3 Å². The van der Waals surface area contributed by atoms with E-state index in [4.69, 9.17) is 0 Å². The lowest BCUT2D eigenvalue weighted by molar-refractivity contribution is -0.104. The summed E-state index contributed by atoms with van der Waals surface area (Å²) >= 11 is 1.67. The summed E-state index contributed by atoms with van der Waals surface area (Å²) in [5.74, 6) is 0. The van der Waals surface area contributed by atoms with Gasteiger partial charge in [-0.05, 0) is 35.6 Å². The lowest BCUT2D eigenvalue weighted by Gasteiger charge is -1.90. The lowest BCUT2D eigenvalue weighted by atomic mass is 10.2. The van der Waals surface area contributed by atoms with Crippen LogP contribution < -0.4 is 0 Å². The number of aryl methyl sites for hydroxylation is 1. The molecule has 1 rings (SSSR count). The topological polar surface area (TPSA) is 17.1 Å². The molecule has 2 heteroatoms. The SMILES string of the molecule is CCc1ccsc1/C=C/C=O. The summed E-state index contributed by atoms with van der Waals surface area (Å²) in [5.41, 5.74) is 1.31. The zero-order valence-corrected chi connectivity index (χ0v) is 7.23. The second kappa shape index (κ2) is 4.09. The normalized spacial score (nSPS) is 10.6. The maximum Gasteiger partial charge on any atom is 0.142 e. The van der Waals surface area contributed by atoms with Gasteiger partial charge in [-0.3, -0.25) is 4.79 Å². The van der Waals surface area contributed by atoms with Gasteiger partial charge in [0.2, 0.25) is 0 Å². The van der Waals surface area contributed by atoms with Crippen molar-refractivity contribution in [1.29, 1.82) is 0 Å². The molecule has 0 saturated heterocycles. The van der Waals surface area contributed by atoms with Crippen LogP contribution in [0.5, 0.6) is 0 Å². The van der Waals surface area contributed by atoms with Gasteiger partial charge in [-0.2, -0.15) is 0 Å². The third-order valence-electron chi connectivity index (χ3n) is 1.49. The standard InChI is InChI=1S/C9H10OS/c1-2-8-5-7-11-9(8)4-3-6-10/h3-7H,2H2,1H3/b4-3+. The lowest BCUT2D eigenvalue weighted by Crippen LogP contribution is -1.76. The zero-order valence-electron chi connectivity index (χ0n) is 6.41. The Bertz CT molecular complexity index is 260. The van der Waals surface area contributed by atoms with Gasteiger partial charge in [-0.15, -0.1) is 11.3 Å². The van der Waals surface area contributed by atoms with E-state index in [1.807, 2.05) is 11.5 Å². The molecule has 0 unspecified atom stereocenters. The molecule has 0 N–H and O–H groups in total. The Kier molecular flexibility index (Phi) is 3.05. The molecule has 1 aromatic heterocycles. The van der Waals surface area contributed by atoms with Gasteiger partial charge < -0.3 is 0 Å². The summed E-state index contributed by atoms with van der Waals surface area (Å²) in [4.78, 5) is 11.2. The highest BCUT2D eigenvalue weighted by atomic mass is 32.1. The monoisotopic (exact) mass is 166 g/mol. The fourth-order valence-corrected chi connectivity index (χ4v) is 1.81. The predicted molar refractivity (Wildman–Crippen MR) is 48.8 cm³/mol. The quantitative estimate of drug-likeness (QED) is 0.498. The number of aldehydes is 1. The Morgan fingerprint density at radius 1 is 1.64 bits per heavy atom. The van der Waals surface area contributed by atoms with Crippen LogP contribution in [0.1, 0.15) is 17.4 Å². The number of carbonyl (C=O) groups excluding carboxylic acids is 1. The maximum absolute atomic E-state index is 10.0. The van der Waals surface area contributed by atoms with Gasteiger partial charge in [0.1, 0.15) is 6.29 Å². The van der Waals surface area contributed by atoms with Crippen LogP contribution in [0.25, 0.3) is 6.08 Å². The third kappa shape index (κ3) is 2.02. The first-order valence-corrected chi connectivity index (χ1v) is 4.44. The van der Waals surface area contributed by atoms with Crippen LogP contribution in [-0.4, -0.2) is 6.29 Å². The Labute approximate surface area is 70.4 Å². The Balaban J connectivity index is 2.84. The minimum absolute atomic E-state index is 0.805. The number of thiophene rings is 1. The molecular formula is C9H10OS. The van der Waals surface area contributed by atoms with Gasteiger partial charge in [-0.1, -0.05) is 6.92 Å². The average molecular weight is 166 g/mol. The van der Waals surface area contributed by atoms with Crippen LogP contribution in [0, 0.1) is 0 Å². The second-order valence-corrected chi connectivity index (χ2v) is 3.11. The maximum atomic E-state index is 10.0. The molecule has 0 saturated carbocycles. The van der Waals surface area contributed by atoms with E-state index in [1.54, 1.807) is 11.3 Å². The number of hydrogen-bond acceptors (Lipinski definition) is 2. The summed E-state index contributed by atoms with van der Waals surface area (Å²) < 4.78 is 0. The molecule has 11 heavy (non-hydrogen) atoms. The first-order chi connectivity index (χ1) is 5.38. The fourth-order valence-electron chi connectivity index (χ4n) is 0.912. The Morgan fingerprint density at radius 2 is 2.45 bits per heavy atom. The molecule has 0 fully saturated rings. The Morgan fingerprint density at radius 3 is 3.09 bits per heavy atom. The van der Waals surface area contributed by atoms with Crippen molar-refractivity contribution in [1.82, 2.24) is 0 Å². The van der Waals surface area contributed by atoms with Crippen molar-refractivity contribution >= 4 is 23.7 Å². The average Bonchev–Trinajstić information content (AvgIpc) is 2.47. The number of rotatable bonds is 3. The van der Waals surface area contributed by atoms with Crippen LogP contribution in [0.3, 0.4) is 0 Å². The summed E-state index contributed by atoms with van der Waals surface area (Å²) in [5, 5.41) is 2.04. The molecule has 0 bridgehead atoms. The van der Waals surface area contributed by atoms with E-state index < -0.39 is 0 Å². The van der Waals surface area contributed by atoms with Gasteiger partial charge in [0.25, 0.3) is 0 Å². The summed E-state index contributed by atoms with van der Waals surface area (Å²) in [6.45, 7) is 2.11. The predicted octanol–water partition coefficient (Wildman–Crippen LogP) is 2.52. The third-order valence-corrected chi connectivity index (χ3v) is 2.41. The van der Waals surface area contributed by atoms with Crippen LogP contribution in [0.15, 0.2) is 17.5 Å². The van der Waals surface area contributed by atoms with Crippen molar-refractivity contribution < 1.29 is 4.79 Å². The van der Waals surface area contributed by atoms with Crippen molar-refractivity contribution in [2.75, 3.05) is 0 Å². The van der Waals surface area contributed by atoms with E-state index in [-0.39, 0.29) is 0 Å². The minimum atomic E-state index is 0.805. The largest absolute Gasteiger partial charge is 0.299 e. The number of allylic oxidation sites excluding steroid dienone is 1. The van der Waals surface area contributed by atoms with Crippen LogP contribution in [0.4, 0.5) is 0 Å². The molecule has 0 radical (unpaired) electrons. The molecule has 1 aromatic rings. The summed E-state index contributed by atoms with van der Waals surface area (Å²) in [6, 6.07) is 2.09. The van der Waals surface area contributed by atoms with E-state index in [0.29, 0.717) is 0 Å². The van der Waals surface area contributed by atoms with E-state index >= 15 is 0 Å². The summed E-state index contributed by atoms with van der Waals surface area (Å²) in [6.07, 6.45) is 5.22. The molecule has 0 aliphatic rings. The molecule has 0 aromatic carbocycles. The molecule has 1 heterocycles. The molecule has 0 aliphatic heterocycles. The van der Waals surface area contributed by atoms with Crippen LogP contribution in [0.2, 0.25) is 0 Å². The highest BCUT2D eigenvalue weighted by Crippen LogP contribution is 2.18. The smallest absolute Gasteiger partial charge is 0.142 e. The molecule has 0 spiro atoms. The first kappa shape index (κ1) is 8.21. The van der Waals surface area contributed by atoms with E-state index in [1.165, 1.54) is 16.5 Å². The van der Waals surface area contributed by atoms with Gasteiger partial charge in [0, 0.05) is 4.88 Å². The molecule has 0 amide bonds. The molecule has 58 valence electrons. The van der Waals surface area contributed by atoms with Crippen LogP contribution in [-0.2, 0) is 11.2 Å². The second-order valence-electron chi connectivity index (χ2n) is 2.16. The minimum Gasteiger partial charge on any atom is -0.299 e. The van der Waals surface area contributed by atoms with Crippen molar-refractivity contribution in [3.63, 3.8) is 0 Å². The molecule has 0 aliphatic carbocycles. The highest BCUT2D eigenvalue weighted by Gasteiger charge is 1.96. The van der Waals surface area contributed by atoms with E-state index in [0.717, 1.165) is 12.7 Å².